The summed E-state index contributed by atoms with van der Waals surface area (Å²) in [4.78, 5) is 4.57. The lowest BCUT2D eigenvalue weighted by Gasteiger charge is -2.25. The zero-order valence-electron chi connectivity index (χ0n) is 7.81. The number of fused-ring (bicyclic) bond motifs is 1. The second-order valence-corrected chi connectivity index (χ2v) is 3.58. The van der Waals surface area contributed by atoms with Gasteiger partial charge < -0.3 is 4.74 Å². The highest BCUT2D eigenvalue weighted by molar-refractivity contribution is 5.78. The highest BCUT2D eigenvalue weighted by Crippen LogP contribution is 2.28. The molecule has 14 heavy (non-hydrogen) atoms. The van der Waals surface area contributed by atoms with E-state index in [1.54, 1.807) is 0 Å². The zero-order chi connectivity index (χ0) is 9.38. The molecule has 2 nitrogen and oxygen atoms in total. The Hall–Kier alpha value is -1.41. The van der Waals surface area contributed by atoms with E-state index in [-0.39, 0.29) is 6.10 Å². The first kappa shape index (κ1) is 7.94. The van der Waals surface area contributed by atoms with E-state index in [1.165, 1.54) is 5.39 Å². The van der Waals surface area contributed by atoms with E-state index in [9.17, 15) is 0 Å². The molecule has 1 fully saturated rings. The summed E-state index contributed by atoms with van der Waals surface area (Å²) in [5.41, 5.74) is 2.12. The molecule has 1 aromatic heterocycles. The third-order valence-corrected chi connectivity index (χ3v) is 2.65. The van der Waals surface area contributed by atoms with Crippen molar-refractivity contribution in [3.63, 3.8) is 0 Å². The van der Waals surface area contributed by atoms with Gasteiger partial charge in [-0.3, -0.25) is 4.98 Å². The SMILES string of the molecule is c1ccc2nc(C3CCO3)ccc2c1. The van der Waals surface area contributed by atoms with Crippen molar-refractivity contribution >= 4 is 10.9 Å². The van der Waals surface area contributed by atoms with Crippen LogP contribution in [0.4, 0.5) is 0 Å². The van der Waals surface area contributed by atoms with Gasteiger partial charge in [-0.25, -0.2) is 0 Å². The Bertz CT molecular complexity index is 463. The lowest BCUT2D eigenvalue weighted by molar-refractivity contribution is -0.0550. The maximum atomic E-state index is 5.40. The molecule has 0 N–H and O–H groups in total. The lowest BCUT2D eigenvalue weighted by Crippen LogP contribution is -2.19. The number of para-hydroxylation sites is 1. The predicted octanol–water partition coefficient (Wildman–Crippen LogP) is 2.70. The van der Waals surface area contributed by atoms with E-state index in [0.29, 0.717) is 0 Å². The quantitative estimate of drug-likeness (QED) is 0.681. The van der Waals surface area contributed by atoms with Crippen LogP contribution in [0.1, 0.15) is 18.2 Å². The van der Waals surface area contributed by atoms with Crippen LogP contribution in [0.3, 0.4) is 0 Å². The summed E-state index contributed by atoms with van der Waals surface area (Å²) in [6.45, 7) is 0.874. The van der Waals surface area contributed by atoms with Crippen molar-refractivity contribution in [2.45, 2.75) is 12.5 Å². The lowest BCUT2D eigenvalue weighted by atomic mass is 10.1. The van der Waals surface area contributed by atoms with Crippen LogP contribution in [-0.4, -0.2) is 11.6 Å². The van der Waals surface area contributed by atoms with Crippen LogP contribution in [0.25, 0.3) is 10.9 Å². The van der Waals surface area contributed by atoms with E-state index in [1.807, 2.05) is 18.2 Å². The Morgan fingerprint density at radius 2 is 2.00 bits per heavy atom. The second-order valence-electron chi connectivity index (χ2n) is 3.58. The number of aromatic nitrogens is 1. The molecule has 1 unspecified atom stereocenters. The zero-order valence-corrected chi connectivity index (χ0v) is 7.81. The van der Waals surface area contributed by atoms with Crippen LogP contribution in [-0.2, 0) is 4.74 Å². The number of hydrogen-bond donors (Lipinski definition) is 0. The topological polar surface area (TPSA) is 22.1 Å². The molecule has 1 aromatic carbocycles. The summed E-state index contributed by atoms with van der Waals surface area (Å²) in [6, 6.07) is 12.3. The summed E-state index contributed by atoms with van der Waals surface area (Å²) in [7, 11) is 0. The molecule has 1 saturated heterocycles. The molecule has 0 spiro atoms. The van der Waals surface area contributed by atoms with Gasteiger partial charge in [0.1, 0.15) is 6.10 Å². The maximum absolute atomic E-state index is 5.40. The highest BCUT2D eigenvalue weighted by Gasteiger charge is 2.21. The van der Waals surface area contributed by atoms with Crippen LogP contribution >= 0.6 is 0 Å². The predicted molar refractivity (Wildman–Crippen MR) is 55.1 cm³/mol. The fourth-order valence-corrected chi connectivity index (χ4v) is 1.73. The minimum absolute atomic E-state index is 0.236. The number of ether oxygens (including phenoxy) is 1. The van der Waals surface area contributed by atoms with Crippen LogP contribution in [0.5, 0.6) is 0 Å². The molecule has 0 amide bonds. The van der Waals surface area contributed by atoms with Crippen LogP contribution in [0.2, 0.25) is 0 Å². The molecule has 0 aliphatic carbocycles. The van der Waals surface area contributed by atoms with Gasteiger partial charge >= 0.3 is 0 Å². The molecule has 0 radical (unpaired) electrons. The van der Waals surface area contributed by atoms with Crippen LogP contribution in [0, 0.1) is 0 Å². The molecule has 0 saturated carbocycles. The molecule has 0 bridgehead atoms. The van der Waals surface area contributed by atoms with E-state index in [0.717, 1.165) is 24.2 Å². The van der Waals surface area contributed by atoms with Crippen LogP contribution < -0.4 is 0 Å². The van der Waals surface area contributed by atoms with Gasteiger partial charge in [-0.05, 0) is 12.1 Å². The van der Waals surface area contributed by atoms with Crippen molar-refractivity contribution in [1.82, 2.24) is 4.98 Å². The van der Waals surface area contributed by atoms with E-state index < -0.39 is 0 Å². The van der Waals surface area contributed by atoms with Crippen molar-refractivity contribution in [1.29, 1.82) is 0 Å². The molecule has 2 heterocycles. The average Bonchev–Trinajstić information content (AvgIpc) is 2.15. The standard InChI is InChI=1S/C12H11NO/c1-2-4-10-9(3-1)5-6-11(13-10)12-7-8-14-12/h1-6,12H,7-8H2. The monoisotopic (exact) mass is 185 g/mol. The molecular weight excluding hydrogens is 174 g/mol. The van der Waals surface area contributed by atoms with E-state index in [2.05, 4.69) is 23.2 Å². The Labute approximate surface area is 82.5 Å². The van der Waals surface area contributed by atoms with Gasteiger partial charge in [0.05, 0.1) is 17.8 Å². The summed E-state index contributed by atoms with van der Waals surface area (Å²) >= 11 is 0. The molecule has 70 valence electrons. The molecular formula is C12H11NO. The third kappa shape index (κ3) is 1.19. The molecule has 1 aliphatic rings. The molecule has 2 aromatic rings. The fraction of sp³-hybridized carbons (Fsp3) is 0.250. The summed E-state index contributed by atoms with van der Waals surface area (Å²) in [6.07, 6.45) is 1.34. The fourth-order valence-electron chi connectivity index (χ4n) is 1.73. The Kier molecular flexibility index (Phi) is 1.74. The highest BCUT2D eigenvalue weighted by atomic mass is 16.5. The van der Waals surface area contributed by atoms with Crippen LogP contribution in [0.15, 0.2) is 36.4 Å². The second kappa shape index (κ2) is 3.07. The minimum atomic E-state index is 0.236. The molecule has 1 atom stereocenters. The van der Waals surface area contributed by atoms with Crippen molar-refractivity contribution in [2.24, 2.45) is 0 Å². The van der Waals surface area contributed by atoms with Crippen molar-refractivity contribution < 1.29 is 4.74 Å². The van der Waals surface area contributed by atoms with Gasteiger partial charge in [0.2, 0.25) is 0 Å². The smallest absolute Gasteiger partial charge is 0.102 e. The van der Waals surface area contributed by atoms with E-state index in [4.69, 9.17) is 4.74 Å². The molecule has 1 aliphatic heterocycles. The Balaban J connectivity index is 2.10. The summed E-state index contributed by atoms with van der Waals surface area (Å²) in [5.74, 6) is 0. The Morgan fingerprint density at radius 3 is 2.79 bits per heavy atom. The number of benzene rings is 1. The van der Waals surface area contributed by atoms with Crippen molar-refractivity contribution in [3.8, 4) is 0 Å². The van der Waals surface area contributed by atoms with Gasteiger partial charge in [0, 0.05) is 11.8 Å². The van der Waals surface area contributed by atoms with Gasteiger partial charge in [0.25, 0.3) is 0 Å². The van der Waals surface area contributed by atoms with Gasteiger partial charge in [-0.2, -0.15) is 0 Å². The van der Waals surface area contributed by atoms with E-state index >= 15 is 0 Å². The maximum Gasteiger partial charge on any atom is 0.102 e. The minimum Gasteiger partial charge on any atom is -0.372 e. The number of pyridine rings is 1. The Morgan fingerprint density at radius 1 is 1.14 bits per heavy atom. The first-order valence-corrected chi connectivity index (χ1v) is 4.91. The number of nitrogens with zero attached hydrogens (tertiary/aromatic N) is 1. The third-order valence-electron chi connectivity index (χ3n) is 2.65. The largest absolute Gasteiger partial charge is 0.372 e. The molecule has 3 rings (SSSR count). The summed E-state index contributed by atoms with van der Waals surface area (Å²) < 4.78 is 5.40. The van der Waals surface area contributed by atoms with Crippen molar-refractivity contribution in [3.05, 3.63) is 42.1 Å². The summed E-state index contributed by atoms with van der Waals surface area (Å²) in [5, 5.41) is 1.19. The van der Waals surface area contributed by atoms with Gasteiger partial charge in [-0.15, -0.1) is 0 Å². The van der Waals surface area contributed by atoms with Gasteiger partial charge in [0.15, 0.2) is 0 Å². The number of hydrogen-bond acceptors (Lipinski definition) is 2. The van der Waals surface area contributed by atoms with Gasteiger partial charge in [-0.1, -0.05) is 24.3 Å². The first-order chi connectivity index (χ1) is 6.93. The molecule has 2 heteroatoms. The number of rotatable bonds is 1. The van der Waals surface area contributed by atoms with Crippen molar-refractivity contribution in [2.75, 3.05) is 6.61 Å². The first-order valence-electron chi connectivity index (χ1n) is 4.91. The normalized spacial score (nSPS) is 20.7. The average molecular weight is 185 g/mol.